The zero-order valence-corrected chi connectivity index (χ0v) is 11.8. The van der Waals surface area contributed by atoms with Gasteiger partial charge in [-0.2, -0.15) is 0 Å². The maximum Gasteiger partial charge on any atom is 0.0593 e. The van der Waals surface area contributed by atoms with E-state index in [1.54, 1.807) is 0 Å². The first-order chi connectivity index (χ1) is 8.57. The number of benzene rings is 2. The summed E-state index contributed by atoms with van der Waals surface area (Å²) in [5.41, 5.74) is 3.16. The average Bonchev–Trinajstić information content (AvgIpc) is 2.46. The molecule has 0 N–H and O–H groups in total. The van der Waals surface area contributed by atoms with Crippen molar-refractivity contribution in [2.24, 2.45) is 5.41 Å². The molecule has 1 aliphatic rings. The van der Waals surface area contributed by atoms with E-state index in [1.807, 2.05) is 0 Å². The van der Waals surface area contributed by atoms with Gasteiger partial charge in [-0.3, -0.25) is 0 Å². The molecule has 0 spiro atoms. The van der Waals surface area contributed by atoms with E-state index in [4.69, 9.17) is 11.6 Å². The molecule has 1 aliphatic carbocycles. The molecule has 0 aliphatic heterocycles. The summed E-state index contributed by atoms with van der Waals surface area (Å²) in [6.45, 7) is 4.66. The summed E-state index contributed by atoms with van der Waals surface area (Å²) in [6.07, 6.45) is 3.43. The van der Waals surface area contributed by atoms with Crippen molar-refractivity contribution in [3.05, 3.63) is 47.5 Å². The van der Waals surface area contributed by atoms with Crippen LogP contribution in [0.1, 0.15) is 43.2 Å². The molecule has 0 saturated heterocycles. The number of alkyl halides is 1. The molecule has 0 heterocycles. The molecule has 1 heteroatoms. The Kier molecular flexibility index (Phi) is 2.86. The van der Waals surface area contributed by atoms with Gasteiger partial charge in [-0.15, -0.1) is 11.6 Å². The van der Waals surface area contributed by atoms with Crippen LogP contribution >= 0.6 is 11.6 Å². The molecule has 2 aromatic carbocycles. The fourth-order valence-electron chi connectivity index (χ4n) is 3.09. The lowest BCUT2D eigenvalue weighted by molar-refractivity contribution is 0.313. The summed E-state index contributed by atoms with van der Waals surface area (Å²) < 4.78 is 0. The van der Waals surface area contributed by atoms with Crippen LogP contribution in [-0.4, -0.2) is 0 Å². The molecule has 0 amide bonds. The summed E-state index contributed by atoms with van der Waals surface area (Å²) in [6, 6.07) is 13.1. The van der Waals surface area contributed by atoms with Crippen molar-refractivity contribution < 1.29 is 0 Å². The standard InChI is InChI=1S/C17H19Cl/c1-17(2)10-9-14-13-6-4-3-5-12(13)7-8-15(14)16(18)11-17/h3-8,16H,9-11H2,1-2H3. The van der Waals surface area contributed by atoms with E-state index in [-0.39, 0.29) is 5.38 Å². The van der Waals surface area contributed by atoms with E-state index in [0.29, 0.717) is 5.41 Å². The van der Waals surface area contributed by atoms with Gasteiger partial charge < -0.3 is 0 Å². The van der Waals surface area contributed by atoms with Crippen LogP contribution < -0.4 is 0 Å². The van der Waals surface area contributed by atoms with E-state index in [1.165, 1.54) is 28.3 Å². The minimum atomic E-state index is 0.155. The minimum absolute atomic E-state index is 0.155. The highest BCUT2D eigenvalue weighted by molar-refractivity contribution is 6.21. The first-order valence-corrected chi connectivity index (χ1v) is 7.15. The zero-order valence-electron chi connectivity index (χ0n) is 11.0. The third-order valence-electron chi connectivity index (χ3n) is 4.20. The van der Waals surface area contributed by atoms with Crippen LogP contribution in [0.5, 0.6) is 0 Å². The molecule has 0 aromatic heterocycles. The Hall–Kier alpha value is -1.01. The van der Waals surface area contributed by atoms with Gasteiger partial charge in [0.25, 0.3) is 0 Å². The van der Waals surface area contributed by atoms with Crippen LogP contribution in [0.4, 0.5) is 0 Å². The molecule has 1 unspecified atom stereocenters. The Bertz CT molecular complexity index is 583. The largest absolute Gasteiger partial charge is 0.118 e. The Morgan fingerprint density at radius 3 is 2.72 bits per heavy atom. The van der Waals surface area contributed by atoms with Crippen LogP contribution in [-0.2, 0) is 6.42 Å². The zero-order chi connectivity index (χ0) is 12.8. The second-order valence-electron chi connectivity index (χ2n) is 6.19. The maximum absolute atomic E-state index is 6.64. The predicted octanol–water partition coefficient (Wildman–Crippen LogP) is 5.48. The number of fused-ring (bicyclic) bond motifs is 3. The number of aryl methyl sites for hydroxylation is 1. The first-order valence-electron chi connectivity index (χ1n) is 6.71. The molecule has 0 saturated carbocycles. The predicted molar refractivity (Wildman–Crippen MR) is 79.3 cm³/mol. The van der Waals surface area contributed by atoms with Crippen molar-refractivity contribution in [2.45, 2.75) is 38.5 Å². The Morgan fingerprint density at radius 2 is 1.89 bits per heavy atom. The molecule has 2 aromatic rings. The molecule has 94 valence electrons. The summed E-state index contributed by atoms with van der Waals surface area (Å²) in [7, 11) is 0. The molecular weight excluding hydrogens is 240 g/mol. The smallest absolute Gasteiger partial charge is 0.0593 e. The third-order valence-corrected chi connectivity index (χ3v) is 4.59. The number of rotatable bonds is 0. The van der Waals surface area contributed by atoms with Gasteiger partial charge in [-0.05, 0) is 46.6 Å². The average molecular weight is 259 g/mol. The SMILES string of the molecule is CC1(C)CCc2c(ccc3ccccc23)C(Cl)C1. The van der Waals surface area contributed by atoms with Crippen LogP contribution in [0, 0.1) is 5.41 Å². The molecule has 0 radical (unpaired) electrons. The molecule has 3 rings (SSSR count). The van der Waals surface area contributed by atoms with Gasteiger partial charge in [0, 0.05) is 0 Å². The van der Waals surface area contributed by atoms with Crippen molar-refractivity contribution in [1.29, 1.82) is 0 Å². The lowest BCUT2D eigenvalue weighted by Crippen LogP contribution is -2.11. The van der Waals surface area contributed by atoms with Crippen molar-refractivity contribution in [3.63, 3.8) is 0 Å². The van der Waals surface area contributed by atoms with Gasteiger partial charge in [0.15, 0.2) is 0 Å². The van der Waals surface area contributed by atoms with Gasteiger partial charge in [-0.1, -0.05) is 50.2 Å². The van der Waals surface area contributed by atoms with Crippen LogP contribution in [0.3, 0.4) is 0 Å². The third kappa shape index (κ3) is 2.03. The van der Waals surface area contributed by atoms with Gasteiger partial charge in [-0.25, -0.2) is 0 Å². The molecule has 0 bridgehead atoms. The quantitative estimate of drug-likeness (QED) is 0.433. The second-order valence-corrected chi connectivity index (χ2v) is 6.72. The van der Waals surface area contributed by atoms with Crippen LogP contribution in [0.25, 0.3) is 10.8 Å². The molecule has 0 nitrogen and oxygen atoms in total. The molecule has 1 atom stereocenters. The van der Waals surface area contributed by atoms with Gasteiger partial charge in [0.2, 0.25) is 0 Å². The summed E-state index contributed by atoms with van der Waals surface area (Å²) in [5, 5.41) is 2.88. The van der Waals surface area contributed by atoms with Crippen LogP contribution in [0.15, 0.2) is 36.4 Å². The molecule has 0 fully saturated rings. The van der Waals surface area contributed by atoms with Crippen molar-refractivity contribution in [2.75, 3.05) is 0 Å². The van der Waals surface area contributed by atoms with Gasteiger partial charge in [0.05, 0.1) is 5.38 Å². The number of halogens is 1. The van der Waals surface area contributed by atoms with E-state index < -0.39 is 0 Å². The van der Waals surface area contributed by atoms with E-state index in [2.05, 4.69) is 50.2 Å². The van der Waals surface area contributed by atoms with Crippen molar-refractivity contribution in [3.8, 4) is 0 Å². The summed E-state index contributed by atoms with van der Waals surface area (Å²) in [4.78, 5) is 0. The summed E-state index contributed by atoms with van der Waals surface area (Å²) in [5.74, 6) is 0. The lowest BCUT2D eigenvalue weighted by Gasteiger charge is -2.23. The fraction of sp³-hybridized carbons (Fsp3) is 0.412. The normalized spacial score (nSPS) is 22.5. The lowest BCUT2D eigenvalue weighted by atomic mass is 9.84. The second kappa shape index (κ2) is 4.28. The Balaban J connectivity index is 2.20. The van der Waals surface area contributed by atoms with Crippen LogP contribution in [0.2, 0.25) is 0 Å². The monoisotopic (exact) mass is 258 g/mol. The maximum atomic E-state index is 6.64. The minimum Gasteiger partial charge on any atom is -0.118 e. The number of hydrogen-bond donors (Lipinski definition) is 0. The molecular formula is C17H19Cl. The highest BCUT2D eigenvalue weighted by Gasteiger charge is 2.28. The Labute approximate surface area is 114 Å². The Morgan fingerprint density at radius 1 is 1.11 bits per heavy atom. The van der Waals surface area contributed by atoms with Crippen molar-refractivity contribution >= 4 is 22.4 Å². The highest BCUT2D eigenvalue weighted by Crippen LogP contribution is 2.44. The topological polar surface area (TPSA) is 0 Å². The highest BCUT2D eigenvalue weighted by atomic mass is 35.5. The van der Waals surface area contributed by atoms with E-state index in [9.17, 15) is 0 Å². The van der Waals surface area contributed by atoms with Crippen molar-refractivity contribution in [1.82, 2.24) is 0 Å². The fourth-order valence-corrected chi connectivity index (χ4v) is 3.71. The molecule has 18 heavy (non-hydrogen) atoms. The van der Waals surface area contributed by atoms with Gasteiger partial charge >= 0.3 is 0 Å². The first kappa shape index (κ1) is 12.0. The van der Waals surface area contributed by atoms with Gasteiger partial charge in [0.1, 0.15) is 0 Å². The number of hydrogen-bond acceptors (Lipinski definition) is 0. The van der Waals surface area contributed by atoms with E-state index in [0.717, 1.165) is 12.8 Å². The van der Waals surface area contributed by atoms with E-state index >= 15 is 0 Å². The summed E-state index contributed by atoms with van der Waals surface area (Å²) >= 11 is 6.64.